The maximum atomic E-state index is 12.6. The van der Waals surface area contributed by atoms with Gasteiger partial charge in [-0.15, -0.1) is 0 Å². The Balaban J connectivity index is 1.30. The van der Waals surface area contributed by atoms with Crippen LogP contribution >= 0.6 is 0 Å². The number of anilines is 1. The fourth-order valence-corrected chi connectivity index (χ4v) is 4.55. The summed E-state index contributed by atoms with van der Waals surface area (Å²) in [5.41, 5.74) is 2.14. The van der Waals surface area contributed by atoms with Crippen molar-refractivity contribution >= 4 is 23.8 Å². The molecule has 2 unspecified atom stereocenters. The van der Waals surface area contributed by atoms with E-state index in [0.717, 1.165) is 29.7 Å². The van der Waals surface area contributed by atoms with Crippen molar-refractivity contribution in [3.8, 4) is 16.9 Å². The average Bonchev–Trinajstić information content (AvgIpc) is 3.51. The zero-order valence-electron chi connectivity index (χ0n) is 20.8. The predicted molar refractivity (Wildman–Crippen MR) is 131 cm³/mol. The van der Waals surface area contributed by atoms with E-state index >= 15 is 0 Å². The minimum absolute atomic E-state index is 0.181. The SMILES string of the molecule is CC(=O)NCC1OC(=O)N2c3ccc(-c4ccc(C5(NC(=O)OC(C)(C)C)CC5)nc4)cc3OCC12. The van der Waals surface area contributed by atoms with E-state index in [0.29, 0.717) is 11.4 Å². The number of nitrogens with zero attached hydrogens (tertiary/aromatic N) is 2. The van der Waals surface area contributed by atoms with Crippen LogP contribution in [0.3, 0.4) is 0 Å². The van der Waals surface area contributed by atoms with E-state index < -0.39 is 29.4 Å². The van der Waals surface area contributed by atoms with Gasteiger partial charge in [-0.25, -0.2) is 9.59 Å². The van der Waals surface area contributed by atoms with E-state index in [1.54, 1.807) is 11.1 Å². The Morgan fingerprint density at radius 3 is 2.58 bits per heavy atom. The molecule has 1 saturated carbocycles. The fraction of sp³-hybridized carbons (Fsp3) is 0.462. The molecule has 1 aromatic heterocycles. The Bertz CT molecular complexity index is 1200. The van der Waals surface area contributed by atoms with Gasteiger partial charge in [0.05, 0.1) is 23.5 Å². The third-order valence-corrected chi connectivity index (χ3v) is 6.47. The van der Waals surface area contributed by atoms with Gasteiger partial charge in [-0.1, -0.05) is 12.1 Å². The molecule has 10 nitrogen and oxygen atoms in total. The molecule has 2 aromatic rings. The minimum Gasteiger partial charge on any atom is -0.489 e. The number of ether oxygens (including phenoxy) is 3. The van der Waals surface area contributed by atoms with Gasteiger partial charge in [0, 0.05) is 18.7 Å². The summed E-state index contributed by atoms with van der Waals surface area (Å²) in [6.07, 6.45) is 2.01. The summed E-state index contributed by atoms with van der Waals surface area (Å²) < 4.78 is 16.9. The van der Waals surface area contributed by atoms with Crippen molar-refractivity contribution in [2.75, 3.05) is 18.1 Å². The second kappa shape index (κ2) is 8.69. The summed E-state index contributed by atoms with van der Waals surface area (Å²) in [7, 11) is 0. The number of aromatic nitrogens is 1. The number of amides is 3. The Morgan fingerprint density at radius 2 is 1.94 bits per heavy atom. The van der Waals surface area contributed by atoms with Gasteiger partial charge in [0.1, 0.15) is 30.1 Å². The van der Waals surface area contributed by atoms with Gasteiger partial charge >= 0.3 is 12.2 Å². The number of fused-ring (bicyclic) bond motifs is 3. The molecule has 10 heteroatoms. The molecule has 1 aliphatic carbocycles. The monoisotopic (exact) mass is 494 g/mol. The first-order valence-corrected chi connectivity index (χ1v) is 12.0. The van der Waals surface area contributed by atoms with Gasteiger partial charge in [0.15, 0.2) is 0 Å². The number of carbonyl (C=O) groups excluding carboxylic acids is 3. The smallest absolute Gasteiger partial charge is 0.415 e. The van der Waals surface area contributed by atoms with E-state index in [-0.39, 0.29) is 25.1 Å². The van der Waals surface area contributed by atoms with E-state index in [9.17, 15) is 14.4 Å². The molecule has 2 N–H and O–H groups in total. The molecular weight excluding hydrogens is 464 g/mol. The summed E-state index contributed by atoms with van der Waals surface area (Å²) in [6, 6.07) is 9.18. The molecule has 36 heavy (non-hydrogen) atoms. The topological polar surface area (TPSA) is 119 Å². The Labute approximate surface area is 209 Å². The predicted octanol–water partition coefficient (Wildman–Crippen LogP) is 3.48. The molecule has 2 atom stereocenters. The molecule has 5 rings (SSSR count). The normalized spacial score (nSPS) is 21.4. The van der Waals surface area contributed by atoms with Crippen molar-refractivity contribution in [1.29, 1.82) is 0 Å². The lowest BCUT2D eigenvalue weighted by atomic mass is 10.0. The van der Waals surface area contributed by atoms with Crippen LogP contribution in [-0.4, -0.2) is 54.0 Å². The van der Waals surface area contributed by atoms with Crippen molar-refractivity contribution in [2.45, 2.75) is 63.8 Å². The molecule has 190 valence electrons. The highest BCUT2D eigenvalue weighted by Gasteiger charge is 2.48. The molecular formula is C26H30N4O6. The number of nitrogens with one attached hydrogen (secondary N) is 2. The van der Waals surface area contributed by atoms with Gasteiger partial charge in [-0.2, -0.15) is 0 Å². The first-order valence-electron chi connectivity index (χ1n) is 12.0. The first kappa shape index (κ1) is 23.9. The van der Waals surface area contributed by atoms with E-state index in [4.69, 9.17) is 14.2 Å². The van der Waals surface area contributed by atoms with Gasteiger partial charge in [-0.3, -0.25) is 14.7 Å². The zero-order chi connectivity index (χ0) is 25.7. The van der Waals surface area contributed by atoms with Crippen LogP contribution in [0.15, 0.2) is 36.5 Å². The van der Waals surface area contributed by atoms with Crippen LogP contribution in [0, 0.1) is 0 Å². The lowest BCUT2D eigenvalue weighted by molar-refractivity contribution is -0.119. The lowest BCUT2D eigenvalue weighted by Crippen LogP contribution is -2.47. The van der Waals surface area contributed by atoms with Crippen molar-refractivity contribution in [1.82, 2.24) is 15.6 Å². The first-order chi connectivity index (χ1) is 17.0. The Hall–Kier alpha value is -3.82. The van der Waals surface area contributed by atoms with Crippen molar-refractivity contribution < 1.29 is 28.6 Å². The number of rotatable bonds is 5. The number of hydrogen-bond acceptors (Lipinski definition) is 7. The molecule has 2 aliphatic heterocycles. The molecule has 1 saturated heterocycles. The van der Waals surface area contributed by atoms with Crippen LogP contribution < -0.4 is 20.3 Å². The third-order valence-electron chi connectivity index (χ3n) is 6.47. The Kier molecular flexibility index (Phi) is 5.77. The summed E-state index contributed by atoms with van der Waals surface area (Å²) in [6.45, 7) is 7.42. The molecule has 3 aliphatic rings. The number of pyridine rings is 1. The third kappa shape index (κ3) is 4.67. The number of benzene rings is 1. The molecule has 0 bridgehead atoms. The standard InChI is InChI=1S/C26H30N4O6/c1-15(31)27-13-21-19-14-34-20-11-16(5-7-18(20)30(19)24(33)35-21)17-6-8-22(28-12-17)26(9-10-26)29-23(32)36-25(2,3)4/h5-8,11-12,19,21H,9-10,13-14H2,1-4H3,(H,27,31)(H,29,32). The van der Waals surface area contributed by atoms with Crippen LogP contribution in [0.5, 0.6) is 5.75 Å². The maximum absolute atomic E-state index is 12.6. The van der Waals surface area contributed by atoms with Crippen LogP contribution in [0.1, 0.15) is 46.2 Å². The molecule has 2 fully saturated rings. The second-order valence-electron chi connectivity index (χ2n) is 10.4. The summed E-state index contributed by atoms with van der Waals surface area (Å²) in [5.74, 6) is 0.398. The van der Waals surface area contributed by atoms with Crippen LogP contribution in [0.4, 0.5) is 15.3 Å². The summed E-state index contributed by atoms with van der Waals surface area (Å²) in [4.78, 5) is 42.3. The van der Waals surface area contributed by atoms with Crippen molar-refractivity contribution in [3.63, 3.8) is 0 Å². The van der Waals surface area contributed by atoms with E-state index in [1.165, 1.54) is 6.92 Å². The largest absolute Gasteiger partial charge is 0.489 e. The van der Waals surface area contributed by atoms with Crippen molar-refractivity contribution in [3.05, 3.63) is 42.2 Å². The molecule has 1 aromatic carbocycles. The lowest BCUT2D eigenvalue weighted by Gasteiger charge is -2.31. The Morgan fingerprint density at radius 1 is 1.19 bits per heavy atom. The highest BCUT2D eigenvalue weighted by atomic mass is 16.6. The summed E-state index contributed by atoms with van der Waals surface area (Å²) >= 11 is 0. The quantitative estimate of drug-likeness (QED) is 0.653. The molecule has 0 radical (unpaired) electrons. The number of carbonyl (C=O) groups is 3. The number of cyclic esters (lactones) is 1. The van der Waals surface area contributed by atoms with Gasteiger partial charge < -0.3 is 24.8 Å². The number of hydrogen-bond donors (Lipinski definition) is 2. The highest BCUT2D eigenvalue weighted by Crippen LogP contribution is 2.45. The van der Waals surface area contributed by atoms with Crippen molar-refractivity contribution in [2.24, 2.45) is 0 Å². The second-order valence-corrected chi connectivity index (χ2v) is 10.4. The number of alkyl carbamates (subject to hydrolysis) is 1. The minimum atomic E-state index is -0.565. The highest BCUT2D eigenvalue weighted by molar-refractivity contribution is 5.94. The van der Waals surface area contributed by atoms with Crippen LogP contribution in [0.25, 0.3) is 11.1 Å². The average molecular weight is 495 g/mol. The van der Waals surface area contributed by atoms with Gasteiger partial charge in [-0.05, 0) is 57.4 Å². The van der Waals surface area contributed by atoms with Crippen LogP contribution in [0.2, 0.25) is 0 Å². The van der Waals surface area contributed by atoms with E-state index in [2.05, 4.69) is 15.6 Å². The van der Waals surface area contributed by atoms with Gasteiger partial charge in [0.2, 0.25) is 5.91 Å². The zero-order valence-corrected chi connectivity index (χ0v) is 20.8. The molecule has 3 amide bonds. The molecule has 0 spiro atoms. The van der Waals surface area contributed by atoms with Gasteiger partial charge in [0.25, 0.3) is 0 Å². The molecule has 3 heterocycles. The van der Waals surface area contributed by atoms with E-state index in [1.807, 2.05) is 51.1 Å². The maximum Gasteiger partial charge on any atom is 0.415 e. The summed E-state index contributed by atoms with van der Waals surface area (Å²) in [5, 5.41) is 5.67. The fourth-order valence-electron chi connectivity index (χ4n) is 4.55. The van der Waals surface area contributed by atoms with Crippen LogP contribution in [-0.2, 0) is 19.8 Å².